The third kappa shape index (κ3) is 3.75. The first-order valence-electron chi connectivity index (χ1n) is 13.9. The van der Waals surface area contributed by atoms with Crippen LogP contribution in [0.5, 0.6) is 11.5 Å². The molecule has 4 aromatic rings. The molecule has 4 aromatic carbocycles. The number of carbonyl (C=O) groups excluding carboxylic acids is 3. The summed E-state index contributed by atoms with van der Waals surface area (Å²) in [6.45, 7) is 0. The Balaban J connectivity index is 1.52. The Morgan fingerprint density at radius 2 is 1.63 bits per heavy atom. The number of halogens is 1. The lowest BCUT2D eigenvalue weighted by Crippen LogP contribution is -2.49. The maximum atomic E-state index is 15.0. The van der Waals surface area contributed by atoms with Crippen LogP contribution in [0.2, 0.25) is 0 Å². The number of Topliss-reactive ketones (excluding diaryl/α,β-unsaturated/α-hetero) is 2. The van der Waals surface area contributed by atoms with Gasteiger partial charge in [0.1, 0.15) is 17.2 Å². The van der Waals surface area contributed by atoms with Crippen molar-refractivity contribution in [1.29, 1.82) is 0 Å². The highest BCUT2D eigenvalue weighted by Gasteiger charge is 2.70. The van der Waals surface area contributed by atoms with Gasteiger partial charge in [0.15, 0.2) is 23.1 Å². The number of anilines is 1. The molecule has 7 rings (SSSR count). The number of methoxy groups -OCH3 is 2. The summed E-state index contributed by atoms with van der Waals surface area (Å²) in [6, 6.07) is 23.8. The number of ether oxygens (including phenoxy) is 2. The lowest BCUT2D eigenvalue weighted by atomic mass is 9.62. The second-order valence-electron chi connectivity index (χ2n) is 10.9. The average molecular weight is 575 g/mol. The van der Waals surface area contributed by atoms with E-state index in [2.05, 4.69) is 5.32 Å². The molecule has 1 fully saturated rings. The number of para-hydroxylation sites is 1. The monoisotopic (exact) mass is 574 g/mol. The fourth-order valence-electron chi connectivity index (χ4n) is 7.11. The molecule has 3 aliphatic heterocycles. The van der Waals surface area contributed by atoms with Gasteiger partial charge < -0.3 is 19.7 Å². The molecule has 43 heavy (non-hydrogen) atoms. The number of rotatable bonds is 6. The summed E-state index contributed by atoms with van der Waals surface area (Å²) in [7, 11) is 2.86. The minimum atomic E-state index is -1.51. The first-order chi connectivity index (χ1) is 20.9. The Bertz CT molecular complexity index is 1850. The van der Waals surface area contributed by atoms with Gasteiger partial charge in [-0.25, -0.2) is 4.39 Å². The summed E-state index contributed by atoms with van der Waals surface area (Å²) in [6.07, 6.45) is 3.69. The molecule has 0 radical (unpaired) electrons. The molecule has 1 N–H and O–H groups in total. The molecule has 1 amide bonds. The second kappa shape index (κ2) is 9.94. The normalized spacial score (nSPS) is 22.9. The molecule has 8 heteroatoms. The van der Waals surface area contributed by atoms with Gasteiger partial charge in [-0.15, -0.1) is 0 Å². The van der Waals surface area contributed by atoms with Crippen molar-refractivity contribution >= 4 is 29.2 Å². The average Bonchev–Trinajstić information content (AvgIpc) is 3.52. The Morgan fingerprint density at radius 1 is 0.860 bits per heavy atom. The molecule has 0 unspecified atom stereocenters. The molecule has 0 aromatic heterocycles. The third-order valence-electron chi connectivity index (χ3n) is 8.91. The number of benzene rings is 4. The van der Waals surface area contributed by atoms with E-state index in [4.69, 9.17) is 9.47 Å². The number of ketones is 2. The Hall–Kier alpha value is -5.24. The molecule has 7 nitrogen and oxygen atoms in total. The van der Waals surface area contributed by atoms with Crippen LogP contribution in [0.4, 0.5) is 10.1 Å². The van der Waals surface area contributed by atoms with Gasteiger partial charge in [-0.1, -0.05) is 54.6 Å². The fraction of sp³-hybridized carbons (Fsp3) is 0.171. The van der Waals surface area contributed by atoms with Gasteiger partial charge in [0.05, 0.1) is 26.2 Å². The van der Waals surface area contributed by atoms with E-state index >= 15 is 4.39 Å². The highest BCUT2D eigenvalue weighted by molar-refractivity contribution is 6.16. The first kappa shape index (κ1) is 26.6. The number of hydrogen-bond acceptors (Lipinski definition) is 6. The quantitative estimate of drug-likeness (QED) is 0.292. The molecule has 3 heterocycles. The van der Waals surface area contributed by atoms with E-state index in [0.717, 1.165) is 17.2 Å². The van der Waals surface area contributed by atoms with Gasteiger partial charge in [0, 0.05) is 23.0 Å². The van der Waals surface area contributed by atoms with E-state index in [1.54, 1.807) is 36.5 Å². The van der Waals surface area contributed by atoms with Gasteiger partial charge >= 0.3 is 0 Å². The molecule has 1 saturated heterocycles. The van der Waals surface area contributed by atoms with Crippen LogP contribution in [0.25, 0.3) is 6.08 Å². The molecule has 3 aliphatic rings. The number of hydrogen-bond donors (Lipinski definition) is 1. The topological polar surface area (TPSA) is 84.9 Å². The van der Waals surface area contributed by atoms with E-state index in [1.165, 1.54) is 26.4 Å². The molecule has 0 saturated carbocycles. The third-order valence-corrected chi connectivity index (χ3v) is 8.91. The smallest absolute Gasteiger partial charge is 0.238 e. The van der Waals surface area contributed by atoms with Crippen LogP contribution < -0.4 is 14.8 Å². The van der Waals surface area contributed by atoms with E-state index in [9.17, 15) is 14.4 Å². The van der Waals surface area contributed by atoms with Crippen LogP contribution in [0.15, 0.2) is 97.2 Å². The highest BCUT2D eigenvalue weighted by Crippen LogP contribution is 2.62. The Morgan fingerprint density at radius 3 is 2.42 bits per heavy atom. The molecular weight excluding hydrogens is 547 g/mol. The summed E-state index contributed by atoms with van der Waals surface area (Å²) in [5.74, 6) is -2.72. The van der Waals surface area contributed by atoms with Gasteiger partial charge in [0.25, 0.3) is 0 Å². The van der Waals surface area contributed by atoms with Crippen molar-refractivity contribution in [2.45, 2.75) is 17.5 Å². The standard InChI is InChI=1S/C35H27FN2O5/c1-42-23-10-7-9-21(18-23)32(40)30-29(31(39)22-14-15-28(43-2)26(36)19-22)35(25-12-5-6-13-27(25)37-34(35)41)33-24-11-4-3-8-20(24)16-17-38(30)33/h3-19,29-30,33H,1-2H3,(H,37,41)/t29-,30+,33+,35+/m1/s1. The van der Waals surface area contributed by atoms with Crippen molar-refractivity contribution in [3.8, 4) is 11.5 Å². The second-order valence-corrected chi connectivity index (χ2v) is 10.9. The number of amides is 1. The minimum absolute atomic E-state index is 0.0140. The first-order valence-corrected chi connectivity index (χ1v) is 13.9. The molecule has 214 valence electrons. The molecule has 1 spiro atoms. The molecule has 0 bridgehead atoms. The van der Waals surface area contributed by atoms with E-state index in [0.29, 0.717) is 22.6 Å². The fourth-order valence-corrected chi connectivity index (χ4v) is 7.11. The van der Waals surface area contributed by atoms with Crippen molar-refractivity contribution in [1.82, 2.24) is 4.90 Å². The minimum Gasteiger partial charge on any atom is -0.497 e. The summed E-state index contributed by atoms with van der Waals surface area (Å²) < 4.78 is 25.5. The van der Waals surface area contributed by atoms with Crippen molar-refractivity contribution in [2.24, 2.45) is 5.92 Å². The van der Waals surface area contributed by atoms with Gasteiger partial charge in [-0.05, 0) is 59.2 Å². The lowest BCUT2D eigenvalue weighted by molar-refractivity contribution is -0.122. The van der Waals surface area contributed by atoms with Gasteiger partial charge in [-0.3, -0.25) is 14.4 Å². The van der Waals surface area contributed by atoms with E-state index in [-0.39, 0.29) is 23.0 Å². The lowest BCUT2D eigenvalue weighted by Gasteiger charge is -2.38. The SMILES string of the molecule is COc1cccc(C(=O)[C@@H]2[C@H](C(=O)c3ccc(OC)c(F)c3)[C@]3(C(=O)Nc4ccccc43)[C@@H]3c4ccccc4C=CN23)c1. The largest absolute Gasteiger partial charge is 0.497 e. The van der Waals surface area contributed by atoms with Crippen LogP contribution in [-0.4, -0.2) is 42.6 Å². The van der Waals surface area contributed by atoms with Gasteiger partial charge in [0.2, 0.25) is 5.91 Å². The highest BCUT2D eigenvalue weighted by atomic mass is 19.1. The van der Waals surface area contributed by atoms with E-state index in [1.807, 2.05) is 53.4 Å². The summed E-state index contributed by atoms with van der Waals surface area (Å²) in [5.41, 5.74) is 1.76. The molecule has 4 atom stereocenters. The summed E-state index contributed by atoms with van der Waals surface area (Å²) in [5, 5.41) is 3.01. The van der Waals surface area contributed by atoms with Gasteiger partial charge in [-0.2, -0.15) is 0 Å². The Kier molecular flexibility index (Phi) is 6.16. The van der Waals surface area contributed by atoms with Crippen LogP contribution in [-0.2, 0) is 10.2 Å². The summed E-state index contributed by atoms with van der Waals surface area (Å²) in [4.78, 5) is 45.8. The number of nitrogens with one attached hydrogen (secondary N) is 1. The number of nitrogens with zero attached hydrogens (tertiary/aromatic N) is 1. The molecule has 0 aliphatic carbocycles. The van der Waals surface area contributed by atoms with Crippen molar-refractivity contribution < 1.29 is 28.2 Å². The predicted octanol–water partition coefficient (Wildman–Crippen LogP) is 5.82. The zero-order valence-electron chi connectivity index (χ0n) is 23.4. The maximum absolute atomic E-state index is 15.0. The van der Waals surface area contributed by atoms with E-state index < -0.39 is 35.0 Å². The zero-order chi connectivity index (χ0) is 29.9. The van der Waals surface area contributed by atoms with Crippen LogP contribution in [0.1, 0.15) is 43.4 Å². The van der Waals surface area contributed by atoms with Crippen molar-refractivity contribution in [3.63, 3.8) is 0 Å². The van der Waals surface area contributed by atoms with Crippen LogP contribution in [0, 0.1) is 11.7 Å². The predicted molar refractivity (Wildman–Crippen MR) is 159 cm³/mol. The van der Waals surface area contributed by atoms with Crippen molar-refractivity contribution in [2.75, 3.05) is 19.5 Å². The Labute approximate surface area is 247 Å². The van der Waals surface area contributed by atoms with Crippen LogP contribution >= 0.6 is 0 Å². The molecular formula is C35H27FN2O5. The maximum Gasteiger partial charge on any atom is 0.238 e. The van der Waals surface area contributed by atoms with Crippen LogP contribution in [0.3, 0.4) is 0 Å². The summed E-state index contributed by atoms with van der Waals surface area (Å²) >= 11 is 0. The zero-order valence-corrected chi connectivity index (χ0v) is 23.4. The number of carbonyl (C=O) groups is 3. The van der Waals surface area contributed by atoms with Crippen molar-refractivity contribution in [3.05, 3.63) is 131 Å². The number of fused-ring (bicyclic) bond motifs is 6.